The highest BCUT2D eigenvalue weighted by Crippen LogP contribution is 2.30. The van der Waals surface area contributed by atoms with E-state index >= 15 is 0 Å². The predicted molar refractivity (Wildman–Crippen MR) is 79.6 cm³/mol. The van der Waals surface area contributed by atoms with Gasteiger partial charge in [0.05, 0.1) is 5.02 Å². The molecule has 0 aliphatic heterocycles. The molecule has 1 N–H and O–H groups in total. The largest absolute Gasteiger partial charge is 0.437 e. The molecule has 2 aromatic rings. The third-order valence-corrected chi connectivity index (χ3v) is 3.28. The molecule has 0 radical (unpaired) electrons. The number of aromatic nitrogens is 2. The predicted octanol–water partition coefficient (Wildman–Crippen LogP) is 3.99. The van der Waals surface area contributed by atoms with Crippen LogP contribution in [0.2, 0.25) is 5.02 Å². The third kappa shape index (κ3) is 3.52. The van der Waals surface area contributed by atoms with Crippen molar-refractivity contribution in [2.75, 3.05) is 18.6 Å². The summed E-state index contributed by atoms with van der Waals surface area (Å²) in [6, 6.07) is 7.35. The van der Waals surface area contributed by atoms with Crippen molar-refractivity contribution in [3.8, 4) is 11.6 Å². The van der Waals surface area contributed by atoms with Gasteiger partial charge in [-0.1, -0.05) is 29.4 Å². The highest BCUT2D eigenvalue weighted by Gasteiger charge is 2.08. The van der Waals surface area contributed by atoms with Gasteiger partial charge in [0, 0.05) is 13.1 Å². The highest BCUT2D eigenvalue weighted by atomic mass is 35.5. The Morgan fingerprint density at radius 3 is 2.74 bits per heavy atom. The third-order valence-electron chi connectivity index (χ3n) is 2.42. The van der Waals surface area contributed by atoms with Crippen LogP contribution in [0.25, 0.3) is 0 Å². The average molecular weight is 296 g/mol. The molecule has 0 fully saturated rings. The molecule has 1 aromatic heterocycles. The first kappa shape index (κ1) is 14.0. The average Bonchev–Trinajstić information content (AvgIpc) is 2.42. The van der Waals surface area contributed by atoms with E-state index in [9.17, 15) is 0 Å². The number of aryl methyl sites for hydroxylation is 1. The van der Waals surface area contributed by atoms with Crippen molar-refractivity contribution >= 4 is 29.2 Å². The number of benzene rings is 1. The number of thioether (sulfide) groups is 1. The minimum Gasteiger partial charge on any atom is -0.437 e. The lowest BCUT2D eigenvalue weighted by Crippen LogP contribution is -1.98. The van der Waals surface area contributed by atoms with Gasteiger partial charge in [0.2, 0.25) is 5.88 Å². The molecular weight excluding hydrogens is 282 g/mol. The Labute approximate surface area is 121 Å². The van der Waals surface area contributed by atoms with Gasteiger partial charge in [-0.05, 0) is 30.9 Å². The van der Waals surface area contributed by atoms with Crippen molar-refractivity contribution in [1.29, 1.82) is 0 Å². The van der Waals surface area contributed by atoms with Crippen LogP contribution in [0.15, 0.2) is 29.4 Å². The van der Waals surface area contributed by atoms with Gasteiger partial charge in [0.25, 0.3) is 0 Å². The summed E-state index contributed by atoms with van der Waals surface area (Å²) in [7, 11) is 1.80. The second kappa shape index (κ2) is 6.12. The molecule has 2 rings (SSSR count). The fourth-order valence-electron chi connectivity index (χ4n) is 1.48. The molecule has 0 saturated heterocycles. The molecule has 1 heterocycles. The Morgan fingerprint density at radius 1 is 1.26 bits per heavy atom. The zero-order valence-corrected chi connectivity index (χ0v) is 12.5. The normalized spacial score (nSPS) is 10.3. The minimum atomic E-state index is 0.469. The molecule has 100 valence electrons. The van der Waals surface area contributed by atoms with Gasteiger partial charge in [-0.3, -0.25) is 0 Å². The van der Waals surface area contributed by atoms with Crippen LogP contribution in [0.5, 0.6) is 11.6 Å². The summed E-state index contributed by atoms with van der Waals surface area (Å²) in [4.78, 5) is 8.58. The molecule has 19 heavy (non-hydrogen) atoms. The van der Waals surface area contributed by atoms with Gasteiger partial charge in [0.1, 0.15) is 11.6 Å². The summed E-state index contributed by atoms with van der Waals surface area (Å²) < 4.78 is 5.74. The molecule has 0 aliphatic carbocycles. The molecule has 0 bridgehead atoms. The maximum Gasteiger partial charge on any atom is 0.225 e. The Bertz CT molecular complexity index is 570. The number of ether oxygens (including phenoxy) is 1. The van der Waals surface area contributed by atoms with Crippen LogP contribution in [-0.4, -0.2) is 23.3 Å². The Hall–Kier alpha value is -1.46. The first-order valence-corrected chi connectivity index (χ1v) is 7.27. The number of hydrogen-bond acceptors (Lipinski definition) is 5. The van der Waals surface area contributed by atoms with E-state index in [4.69, 9.17) is 16.3 Å². The molecule has 4 nitrogen and oxygen atoms in total. The first-order chi connectivity index (χ1) is 9.12. The minimum absolute atomic E-state index is 0.469. The van der Waals surface area contributed by atoms with E-state index < -0.39 is 0 Å². The summed E-state index contributed by atoms with van der Waals surface area (Å²) in [5.74, 6) is 1.77. The van der Waals surface area contributed by atoms with Gasteiger partial charge < -0.3 is 10.1 Å². The molecule has 0 atom stereocenters. The number of halogens is 1. The van der Waals surface area contributed by atoms with Crippen molar-refractivity contribution in [2.24, 2.45) is 0 Å². The fourth-order valence-corrected chi connectivity index (χ4v) is 2.00. The molecule has 0 saturated carbocycles. The van der Waals surface area contributed by atoms with E-state index in [0.717, 1.165) is 5.56 Å². The van der Waals surface area contributed by atoms with Crippen molar-refractivity contribution < 1.29 is 4.74 Å². The summed E-state index contributed by atoms with van der Waals surface area (Å²) in [6.45, 7) is 1.98. The molecular formula is C13H14ClN3OS. The smallest absolute Gasteiger partial charge is 0.225 e. The van der Waals surface area contributed by atoms with E-state index in [1.54, 1.807) is 13.1 Å². The number of rotatable bonds is 4. The van der Waals surface area contributed by atoms with E-state index in [0.29, 0.717) is 27.6 Å². The van der Waals surface area contributed by atoms with Crippen molar-refractivity contribution in [3.05, 3.63) is 34.9 Å². The van der Waals surface area contributed by atoms with E-state index in [1.807, 2.05) is 31.4 Å². The van der Waals surface area contributed by atoms with Crippen LogP contribution in [0, 0.1) is 6.92 Å². The second-order valence-corrected chi connectivity index (χ2v) is 5.04. The van der Waals surface area contributed by atoms with Gasteiger partial charge in [-0.15, -0.1) is 0 Å². The van der Waals surface area contributed by atoms with Crippen LogP contribution in [0.3, 0.4) is 0 Å². The summed E-state index contributed by atoms with van der Waals surface area (Å²) >= 11 is 7.56. The zero-order chi connectivity index (χ0) is 13.8. The van der Waals surface area contributed by atoms with Crippen LogP contribution < -0.4 is 10.1 Å². The molecule has 0 spiro atoms. The van der Waals surface area contributed by atoms with E-state index in [1.165, 1.54) is 11.8 Å². The lowest BCUT2D eigenvalue weighted by molar-refractivity contribution is 0.456. The van der Waals surface area contributed by atoms with Crippen molar-refractivity contribution in [1.82, 2.24) is 9.97 Å². The number of nitrogens with zero attached hydrogens (tertiary/aromatic N) is 2. The zero-order valence-electron chi connectivity index (χ0n) is 10.9. The molecule has 1 aromatic carbocycles. The summed E-state index contributed by atoms with van der Waals surface area (Å²) in [6.07, 6.45) is 1.91. The first-order valence-electron chi connectivity index (χ1n) is 5.67. The monoisotopic (exact) mass is 295 g/mol. The van der Waals surface area contributed by atoms with E-state index in [-0.39, 0.29) is 0 Å². The Balaban J connectivity index is 2.34. The number of anilines is 1. The summed E-state index contributed by atoms with van der Waals surface area (Å²) in [5.41, 5.74) is 1.08. The maximum absolute atomic E-state index is 6.10. The highest BCUT2D eigenvalue weighted by molar-refractivity contribution is 7.98. The lowest BCUT2D eigenvalue weighted by atomic mass is 10.2. The van der Waals surface area contributed by atoms with Crippen LogP contribution in [-0.2, 0) is 0 Å². The number of nitrogens with one attached hydrogen (secondary N) is 1. The second-order valence-electron chi connectivity index (χ2n) is 3.86. The van der Waals surface area contributed by atoms with Gasteiger partial charge in [0.15, 0.2) is 5.16 Å². The van der Waals surface area contributed by atoms with Gasteiger partial charge in [-0.2, -0.15) is 4.98 Å². The molecule has 6 heteroatoms. The van der Waals surface area contributed by atoms with Crippen LogP contribution >= 0.6 is 23.4 Å². The molecule has 0 unspecified atom stereocenters. The standard InChI is InChI=1S/C13H14ClN3OS/c1-8-4-5-9(14)10(6-8)18-12-7-11(15-2)16-13(17-12)19-3/h4-7H,1-3H3,(H,15,16,17). The van der Waals surface area contributed by atoms with Crippen LogP contribution in [0.1, 0.15) is 5.56 Å². The van der Waals surface area contributed by atoms with Gasteiger partial charge in [-0.25, -0.2) is 4.98 Å². The molecule has 0 aliphatic rings. The topological polar surface area (TPSA) is 47.0 Å². The van der Waals surface area contributed by atoms with E-state index in [2.05, 4.69) is 15.3 Å². The molecule has 0 amide bonds. The lowest BCUT2D eigenvalue weighted by Gasteiger charge is -2.09. The quantitative estimate of drug-likeness (QED) is 0.682. The SMILES string of the molecule is CNc1cc(Oc2cc(C)ccc2Cl)nc(SC)n1. The van der Waals surface area contributed by atoms with Crippen molar-refractivity contribution in [2.45, 2.75) is 12.1 Å². The maximum atomic E-state index is 6.10. The summed E-state index contributed by atoms with van der Waals surface area (Å²) in [5, 5.41) is 4.18. The van der Waals surface area contributed by atoms with Gasteiger partial charge >= 0.3 is 0 Å². The number of hydrogen-bond donors (Lipinski definition) is 1. The Morgan fingerprint density at radius 2 is 2.05 bits per heavy atom. The Kier molecular flexibility index (Phi) is 4.50. The van der Waals surface area contributed by atoms with Crippen LogP contribution in [0.4, 0.5) is 5.82 Å². The van der Waals surface area contributed by atoms with Crippen molar-refractivity contribution in [3.63, 3.8) is 0 Å². The fraction of sp³-hybridized carbons (Fsp3) is 0.231.